The maximum atomic E-state index is 11.6. The van der Waals surface area contributed by atoms with E-state index in [1.54, 1.807) is 6.08 Å². The first kappa shape index (κ1) is 15.1. The van der Waals surface area contributed by atoms with Gasteiger partial charge in [-0.2, -0.15) is 0 Å². The maximum Gasteiger partial charge on any atom is 0.333 e. The van der Waals surface area contributed by atoms with Crippen molar-refractivity contribution in [2.24, 2.45) is 0 Å². The summed E-state index contributed by atoms with van der Waals surface area (Å²) in [5.41, 5.74) is 0.906. The topological polar surface area (TPSA) is 54.0 Å². The first-order valence-corrected chi connectivity index (χ1v) is 7.68. The Hall–Kier alpha value is -1.85. The predicted molar refractivity (Wildman–Crippen MR) is 80.1 cm³/mol. The molecule has 0 amide bonds. The number of rotatable bonds is 5. The predicted octanol–water partition coefficient (Wildman–Crippen LogP) is 2.89. The molecule has 0 bridgehead atoms. The van der Waals surface area contributed by atoms with Crippen LogP contribution in [0.2, 0.25) is 0 Å². The van der Waals surface area contributed by atoms with Gasteiger partial charge in [0, 0.05) is 18.9 Å². The summed E-state index contributed by atoms with van der Waals surface area (Å²) in [7, 11) is 0. The van der Waals surface area contributed by atoms with E-state index < -0.39 is 0 Å². The molecule has 0 spiro atoms. The molecule has 2 aliphatic rings. The second-order valence-electron chi connectivity index (χ2n) is 5.34. The van der Waals surface area contributed by atoms with E-state index >= 15 is 0 Å². The Morgan fingerprint density at radius 3 is 2.36 bits per heavy atom. The van der Waals surface area contributed by atoms with Crippen molar-refractivity contribution in [2.45, 2.75) is 38.3 Å². The molecule has 0 aromatic heterocycles. The largest absolute Gasteiger partial charge is 0.465 e. The van der Waals surface area contributed by atoms with E-state index in [2.05, 4.69) is 0 Å². The highest BCUT2D eigenvalue weighted by atomic mass is 16.7. The van der Waals surface area contributed by atoms with Crippen LogP contribution in [0, 0.1) is 0 Å². The minimum Gasteiger partial charge on any atom is -0.465 e. The molecule has 1 aromatic carbocycles. The Kier molecular flexibility index (Phi) is 5.08. The lowest BCUT2D eigenvalue weighted by Crippen LogP contribution is -2.14. The highest BCUT2D eigenvalue weighted by Gasteiger charge is 2.18. The van der Waals surface area contributed by atoms with Gasteiger partial charge in [0.2, 0.25) is 6.29 Å². The van der Waals surface area contributed by atoms with E-state index in [4.69, 9.17) is 18.9 Å². The number of hydrogen-bond donors (Lipinski definition) is 0. The average molecular weight is 304 g/mol. The third kappa shape index (κ3) is 4.32. The van der Waals surface area contributed by atoms with E-state index in [1.165, 1.54) is 6.08 Å². The van der Waals surface area contributed by atoms with Crippen LogP contribution in [0.3, 0.4) is 0 Å². The lowest BCUT2D eigenvalue weighted by molar-refractivity contribution is -0.163. The van der Waals surface area contributed by atoms with Gasteiger partial charge in [0.15, 0.2) is 6.29 Å². The van der Waals surface area contributed by atoms with Crippen molar-refractivity contribution in [3.05, 3.63) is 35.9 Å². The van der Waals surface area contributed by atoms with Crippen LogP contribution < -0.4 is 4.74 Å². The summed E-state index contributed by atoms with van der Waals surface area (Å²) in [6, 6.07) is 7.51. The van der Waals surface area contributed by atoms with Crippen LogP contribution in [0.4, 0.5) is 0 Å². The smallest absolute Gasteiger partial charge is 0.333 e. The monoisotopic (exact) mass is 304 g/mol. The van der Waals surface area contributed by atoms with Crippen LogP contribution in [0.5, 0.6) is 5.75 Å². The van der Waals surface area contributed by atoms with E-state index in [0.717, 1.165) is 43.6 Å². The molecular weight excluding hydrogens is 284 g/mol. The van der Waals surface area contributed by atoms with E-state index in [9.17, 15) is 4.79 Å². The minimum absolute atomic E-state index is 0.136. The van der Waals surface area contributed by atoms with Crippen molar-refractivity contribution in [1.29, 1.82) is 0 Å². The third-order valence-corrected chi connectivity index (χ3v) is 3.58. The molecular formula is C17H20O5. The molecule has 2 fully saturated rings. The summed E-state index contributed by atoms with van der Waals surface area (Å²) in [4.78, 5) is 11.6. The first-order chi connectivity index (χ1) is 10.8. The van der Waals surface area contributed by atoms with Crippen LogP contribution in [0.1, 0.15) is 31.2 Å². The van der Waals surface area contributed by atoms with Gasteiger partial charge >= 0.3 is 5.97 Å². The van der Waals surface area contributed by atoms with E-state index in [-0.39, 0.29) is 18.5 Å². The molecule has 0 radical (unpaired) electrons. The summed E-state index contributed by atoms with van der Waals surface area (Å²) < 4.78 is 21.5. The fourth-order valence-corrected chi connectivity index (χ4v) is 2.42. The molecule has 2 heterocycles. The van der Waals surface area contributed by atoms with Crippen molar-refractivity contribution in [2.75, 3.05) is 13.2 Å². The van der Waals surface area contributed by atoms with Crippen LogP contribution in [0.15, 0.2) is 30.3 Å². The van der Waals surface area contributed by atoms with Gasteiger partial charge in [-0.3, -0.25) is 0 Å². The Labute approximate surface area is 129 Å². The number of carbonyl (C=O) groups excluding carboxylic acids is 1. The highest BCUT2D eigenvalue weighted by Crippen LogP contribution is 2.20. The quantitative estimate of drug-likeness (QED) is 0.618. The number of benzene rings is 1. The molecule has 5 nitrogen and oxygen atoms in total. The van der Waals surface area contributed by atoms with Gasteiger partial charge in [-0.1, -0.05) is 12.1 Å². The van der Waals surface area contributed by atoms with Crippen LogP contribution in [-0.2, 0) is 19.0 Å². The van der Waals surface area contributed by atoms with Crippen LogP contribution in [-0.4, -0.2) is 31.8 Å². The van der Waals surface area contributed by atoms with Crippen molar-refractivity contribution in [3.8, 4) is 5.75 Å². The van der Waals surface area contributed by atoms with Crippen molar-refractivity contribution in [1.82, 2.24) is 0 Å². The third-order valence-electron chi connectivity index (χ3n) is 3.58. The summed E-state index contributed by atoms with van der Waals surface area (Å²) in [5.74, 6) is 0.387. The van der Waals surface area contributed by atoms with Crippen molar-refractivity contribution < 1.29 is 23.7 Å². The van der Waals surface area contributed by atoms with E-state index in [0.29, 0.717) is 6.61 Å². The number of carbonyl (C=O) groups is 1. The zero-order valence-electron chi connectivity index (χ0n) is 12.4. The Bertz CT molecular complexity index is 510. The molecule has 1 aromatic rings. The molecule has 0 saturated carbocycles. The summed E-state index contributed by atoms with van der Waals surface area (Å²) in [6.45, 7) is 1.42. The maximum absolute atomic E-state index is 11.6. The standard InChI is InChI=1S/C17H20O5/c18-15(22-17-4-2-12-20-17)10-7-13-5-8-14(9-6-13)21-16-3-1-11-19-16/h5-10,16-17H,1-4,11-12H2/b10-7+. The highest BCUT2D eigenvalue weighted by molar-refractivity contribution is 5.87. The average Bonchev–Trinajstić information content (AvgIpc) is 3.20. The van der Waals surface area contributed by atoms with Crippen molar-refractivity contribution in [3.63, 3.8) is 0 Å². The normalized spacial score (nSPS) is 24.7. The Morgan fingerprint density at radius 2 is 1.73 bits per heavy atom. The molecule has 118 valence electrons. The molecule has 2 atom stereocenters. The second-order valence-corrected chi connectivity index (χ2v) is 5.34. The Morgan fingerprint density at radius 1 is 1.05 bits per heavy atom. The van der Waals surface area contributed by atoms with E-state index in [1.807, 2.05) is 24.3 Å². The summed E-state index contributed by atoms with van der Waals surface area (Å²) >= 11 is 0. The zero-order chi connectivity index (χ0) is 15.2. The SMILES string of the molecule is O=C(/C=C/c1ccc(OC2CCCO2)cc1)OC1CCCO1. The van der Waals surface area contributed by atoms with Gasteiger partial charge in [-0.15, -0.1) is 0 Å². The van der Waals surface area contributed by atoms with Gasteiger partial charge in [0.05, 0.1) is 13.2 Å². The molecule has 3 rings (SSSR count). The zero-order valence-corrected chi connectivity index (χ0v) is 12.4. The fraction of sp³-hybridized carbons (Fsp3) is 0.471. The molecule has 22 heavy (non-hydrogen) atoms. The van der Waals surface area contributed by atoms with Gasteiger partial charge in [0.1, 0.15) is 5.75 Å². The van der Waals surface area contributed by atoms with Gasteiger partial charge in [0.25, 0.3) is 0 Å². The first-order valence-electron chi connectivity index (χ1n) is 7.68. The molecule has 0 N–H and O–H groups in total. The Balaban J connectivity index is 1.49. The lowest BCUT2D eigenvalue weighted by Gasteiger charge is -2.12. The van der Waals surface area contributed by atoms with Gasteiger partial charge < -0.3 is 18.9 Å². The molecule has 2 aliphatic heterocycles. The van der Waals surface area contributed by atoms with Crippen molar-refractivity contribution >= 4 is 12.0 Å². The molecule has 2 unspecified atom stereocenters. The second kappa shape index (κ2) is 7.42. The molecule has 0 aliphatic carbocycles. The number of ether oxygens (including phenoxy) is 4. The van der Waals surface area contributed by atoms with Crippen LogP contribution in [0.25, 0.3) is 6.08 Å². The van der Waals surface area contributed by atoms with Crippen LogP contribution >= 0.6 is 0 Å². The minimum atomic E-state index is -0.390. The number of hydrogen-bond acceptors (Lipinski definition) is 5. The summed E-state index contributed by atoms with van der Waals surface area (Å²) in [6.07, 6.45) is 6.28. The van der Waals surface area contributed by atoms with Gasteiger partial charge in [-0.05, 0) is 36.6 Å². The summed E-state index contributed by atoms with van der Waals surface area (Å²) in [5, 5.41) is 0. The number of esters is 1. The van der Waals surface area contributed by atoms with Gasteiger partial charge in [-0.25, -0.2) is 4.79 Å². The lowest BCUT2D eigenvalue weighted by atomic mass is 10.2. The molecule has 5 heteroatoms. The fourth-order valence-electron chi connectivity index (χ4n) is 2.42. The molecule has 2 saturated heterocycles.